The number of carboxylic acids is 2. The van der Waals surface area contributed by atoms with E-state index < -0.39 is 23.9 Å². The highest BCUT2D eigenvalue weighted by Crippen LogP contribution is 2.13. The van der Waals surface area contributed by atoms with E-state index >= 15 is 0 Å². The van der Waals surface area contributed by atoms with Crippen molar-refractivity contribution in [1.29, 1.82) is 0 Å². The van der Waals surface area contributed by atoms with Crippen LogP contribution in [-0.4, -0.2) is 39.5 Å². The van der Waals surface area contributed by atoms with Gasteiger partial charge in [0.1, 0.15) is 0 Å². The third-order valence-electron chi connectivity index (χ3n) is 0.544. The maximum Gasteiger partial charge on any atom is 0.490 e. The number of rotatable bonds is 1. The highest BCUT2D eigenvalue weighted by molar-refractivity contribution is 6.40. The van der Waals surface area contributed by atoms with Crippen molar-refractivity contribution in [2.75, 3.05) is 5.34 Å². The molecule has 0 aliphatic rings. The van der Waals surface area contributed by atoms with Crippen molar-refractivity contribution in [3.63, 3.8) is 0 Å². The second kappa shape index (κ2) is 10.5. The summed E-state index contributed by atoms with van der Waals surface area (Å²) in [5.74, 6) is -4.96. The van der Waals surface area contributed by atoms with E-state index in [1.165, 1.54) is 0 Å². The van der Waals surface area contributed by atoms with Crippen LogP contribution in [0.1, 0.15) is 6.92 Å². The summed E-state index contributed by atoms with van der Waals surface area (Å²) in [5, 5.41) is 15.0. The number of hydrogen-bond donors (Lipinski definition) is 2. The van der Waals surface area contributed by atoms with Crippen molar-refractivity contribution in [3.05, 3.63) is 0 Å². The molecular weight excluding hydrogens is 280 g/mol. The van der Waals surface area contributed by atoms with Gasteiger partial charge in [0.05, 0.1) is 5.34 Å². The largest absolute Gasteiger partial charge is 0.490 e. The number of halogens is 5. The first-order valence-electron chi connectivity index (χ1n) is 3.16. The minimum Gasteiger partial charge on any atom is -0.476 e. The number of alkyl halides is 5. The van der Waals surface area contributed by atoms with Crippen molar-refractivity contribution in [2.45, 2.75) is 13.1 Å². The Hall–Kier alpha value is -1.02. The molecule has 10 heteroatoms. The zero-order valence-electron chi connectivity index (χ0n) is 7.72. The molecule has 0 bridgehead atoms. The van der Waals surface area contributed by atoms with Gasteiger partial charge in [-0.05, 0) is 0 Å². The van der Waals surface area contributed by atoms with Crippen LogP contribution >= 0.6 is 23.2 Å². The fraction of sp³-hybridized carbons (Fsp3) is 0.500. The number of carbonyl (C=O) groups excluding carboxylic acids is 1. The third kappa shape index (κ3) is 23.1. The molecule has 0 fully saturated rings. The Kier molecular flexibility index (Phi) is 13.4. The van der Waals surface area contributed by atoms with E-state index in [0.29, 0.717) is 0 Å². The van der Waals surface area contributed by atoms with Gasteiger partial charge in [-0.25, -0.2) is 9.59 Å². The molecule has 2 N–H and O–H groups in total. The van der Waals surface area contributed by atoms with E-state index in [2.05, 4.69) is 0 Å². The molecule has 0 radical (unpaired) electrons. The zero-order chi connectivity index (χ0) is 13.9. The molecule has 5 nitrogen and oxygen atoms in total. The van der Waals surface area contributed by atoms with E-state index in [1.807, 2.05) is 0 Å². The van der Waals surface area contributed by atoms with Crippen LogP contribution in [0, 0.1) is 0 Å². The fourth-order valence-corrected chi connectivity index (χ4v) is 0. The molecule has 0 atom stereocenters. The van der Waals surface area contributed by atoms with Gasteiger partial charge in [-0.3, -0.25) is 4.79 Å². The van der Waals surface area contributed by atoms with Crippen LogP contribution in [0.2, 0.25) is 0 Å². The average molecular weight is 287 g/mol. The van der Waals surface area contributed by atoms with Crippen LogP contribution < -0.4 is 0 Å². The zero-order valence-corrected chi connectivity index (χ0v) is 9.23. The van der Waals surface area contributed by atoms with E-state index in [4.69, 9.17) is 38.2 Å². The topological polar surface area (TPSA) is 91.7 Å². The maximum atomic E-state index is 10.6. The smallest absolute Gasteiger partial charge is 0.476 e. The van der Waals surface area contributed by atoms with Gasteiger partial charge in [-0.2, -0.15) is 13.2 Å². The summed E-state index contributed by atoms with van der Waals surface area (Å²) in [7, 11) is 0. The van der Waals surface area contributed by atoms with E-state index in [1.54, 1.807) is 0 Å². The standard InChI is InChI=1S/C3H4O3.C2HF3O2.CH2Cl2/c1-2(4)3(5)6;3-2(4,5)1(6)7;2-1-3/h1H3,(H,5,6);(H,6,7);1H2. The second-order valence-electron chi connectivity index (χ2n) is 1.77. The van der Waals surface area contributed by atoms with Crippen LogP contribution in [0.3, 0.4) is 0 Å². The number of carbonyl (C=O) groups is 3. The number of aliphatic carboxylic acids is 2. The maximum absolute atomic E-state index is 10.6. The Bertz CT molecular complexity index is 229. The number of Topliss-reactive ketones (excluding diaryl/α,β-unsaturated/α-hetero) is 1. The summed E-state index contributed by atoms with van der Waals surface area (Å²) in [4.78, 5) is 27.8. The normalized spacial score (nSPS) is 8.88. The Morgan fingerprint density at radius 1 is 1.12 bits per heavy atom. The lowest BCUT2D eigenvalue weighted by Crippen LogP contribution is -2.21. The Labute approximate surface area is 97.8 Å². The monoisotopic (exact) mass is 286 g/mol. The molecule has 0 aromatic rings. The molecule has 0 aliphatic carbocycles. The molecule has 0 amide bonds. The van der Waals surface area contributed by atoms with Gasteiger partial charge in [-0.15, -0.1) is 23.2 Å². The first-order valence-corrected chi connectivity index (χ1v) is 4.23. The SMILES string of the molecule is CC(=O)C(=O)O.ClCCl.O=C(O)C(F)(F)F. The molecule has 0 heterocycles. The van der Waals surface area contributed by atoms with Crippen LogP contribution in [0.5, 0.6) is 0 Å². The summed E-state index contributed by atoms with van der Waals surface area (Å²) in [6, 6.07) is 0. The lowest BCUT2D eigenvalue weighted by molar-refractivity contribution is -0.192. The van der Waals surface area contributed by atoms with Crippen molar-refractivity contribution >= 4 is 40.9 Å². The van der Waals surface area contributed by atoms with Crippen LogP contribution in [0.15, 0.2) is 0 Å². The molecule has 0 unspecified atom stereocenters. The molecule has 0 saturated heterocycles. The van der Waals surface area contributed by atoms with Gasteiger partial charge in [-0.1, -0.05) is 0 Å². The van der Waals surface area contributed by atoms with Crippen molar-refractivity contribution < 1.29 is 37.8 Å². The molecule has 0 aliphatic heterocycles. The molecule has 0 rings (SSSR count). The van der Waals surface area contributed by atoms with Crippen molar-refractivity contribution in [3.8, 4) is 0 Å². The Morgan fingerprint density at radius 3 is 1.25 bits per heavy atom. The highest BCUT2D eigenvalue weighted by atomic mass is 35.5. The van der Waals surface area contributed by atoms with Gasteiger partial charge in [0.15, 0.2) is 0 Å². The van der Waals surface area contributed by atoms with Crippen molar-refractivity contribution in [2.24, 2.45) is 0 Å². The van der Waals surface area contributed by atoms with Gasteiger partial charge in [0.2, 0.25) is 5.78 Å². The summed E-state index contributed by atoms with van der Waals surface area (Å²) < 4.78 is 31.7. The van der Waals surface area contributed by atoms with E-state index in [0.717, 1.165) is 6.92 Å². The lowest BCUT2D eigenvalue weighted by atomic mass is 10.5. The third-order valence-corrected chi connectivity index (χ3v) is 0.544. The summed E-state index contributed by atoms with van der Waals surface area (Å²) in [5.41, 5.74) is 0. The summed E-state index contributed by atoms with van der Waals surface area (Å²) >= 11 is 9.53. The van der Waals surface area contributed by atoms with Gasteiger partial charge in [0.25, 0.3) is 0 Å². The van der Waals surface area contributed by atoms with Crippen LogP contribution in [0.4, 0.5) is 13.2 Å². The second-order valence-corrected chi connectivity index (χ2v) is 2.57. The Balaban J connectivity index is -0.000000172. The van der Waals surface area contributed by atoms with Crippen molar-refractivity contribution in [1.82, 2.24) is 0 Å². The first kappa shape index (κ1) is 20.4. The average Bonchev–Trinajstić information content (AvgIpc) is 2.04. The Morgan fingerprint density at radius 2 is 1.25 bits per heavy atom. The number of hydrogen-bond acceptors (Lipinski definition) is 3. The molecule has 16 heavy (non-hydrogen) atoms. The van der Waals surface area contributed by atoms with Gasteiger partial charge < -0.3 is 10.2 Å². The molecule has 0 saturated carbocycles. The molecule has 0 spiro atoms. The predicted octanol–water partition coefficient (Wildman–Crippen LogP) is 1.71. The number of ketones is 1. The first-order chi connectivity index (χ1) is 7.00. The van der Waals surface area contributed by atoms with E-state index in [-0.39, 0.29) is 5.34 Å². The molecular formula is C6H7Cl2F3O5. The predicted molar refractivity (Wildman–Crippen MR) is 48.6 cm³/mol. The van der Waals surface area contributed by atoms with Crippen LogP contribution in [0.25, 0.3) is 0 Å². The molecule has 0 aromatic heterocycles. The van der Waals surface area contributed by atoms with Gasteiger partial charge in [0, 0.05) is 6.92 Å². The minimum atomic E-state index is -5.08. The number of carboxylic acid groups (broad SMARTS) is 2. The molecule has 96 valence electrons. The lowest BCUT2D eigenvalue weighted by Gasteiger charge is -1.93. The fourth-order valence-electron chi connectivity index (χ4n) is 0. The van der Waals surface area contributed by atoms with Crippen LogP contribution in [-0.2, 0) is 14.4 Å². The van der Waals surface area contributed by atoms with E-state index in [9.17, 15) is 22.8 Å². The quantitative estimate of drug-likeness (QED) is 0.566. The van der Waals surface area contributed by atoms with Gasteiger partial charge >= 0.3 is 18.1 Å². The highest BCUT2D eigenvalue weighted by Gasteiger charge is 2.38. The molecule has 0 aromatic carbocycles. The summed E-state index contributed by atoms with van der Waals surface area (Å²) in [6.07, 6.45) is -5.08. The minimum absolute atomic E-state index is 0.194. The summed E-state index contributed by atoms with van der Waals surface area (Å²) in [6.45, 7) is 1.00.